The van der Waals surface area contributed by atoms with Crippen molar-refractivity contribution in [2.45, 2.75) is 58.9 Å². The number of amides is 2. The fourth-order valence-electron chi connectivity index (χ4n) is 3.47. The first kappa shape index (κ1) is 15.3. The first-order valence-corrected chi connectivity index (χ1v) is 8.09. The highest BCUT2D eigenvalue weighted by Crippen LogP contribution is 2.31. The number of piperazine rings is 1. The van der Waals surface area contributed by atoms with Gasteiger partial charge in [-0.3, -0.25) is 9.59 Å². The minimum atomic E-state index is -0.330. The Morgan fingerprint density at radius 3 is 2.30 bits per heavy atom. The highest BCUT2D eigenvalue weighted by atomic mass is 16.2. The molecule has 1 heterocycles. The summed E-state index contributed by atoms with van der Waals surface area (Å²) in [6.07, 6.45) is 6.24. The van der Waals surface area contributed by atoms with Crippen LogP contribution in [0.1, 0.15) is 52.9 Å². The summed E-state index contributed by atoms with van der Waals surface area (Å²) < 4.78 is 0. The number of hydrogen-bond acceptors (Lipinski definition) is 2. The van der Waals surface area contributed by atoms with Gasteiger partial charge in [0.1, 0.15) is 6.04 Å². The molecular formula is C16H28N2O2. The maximum Gasteiger partial charge on any atom is 0.245 e. The standard InChI is InChI=1S/C16H28N2O2/c1-4-12-5-7-13(8-6-12)9-18-10-14(19)17-15(11(2)3)16(18)20/h11-13,15H,4-10H2,1-3H3,(H,17,19). The molecule has 1 N–H and O–H groups in total. The van der Waals surface area contributed by atoms with Crippen molar-refractivity contribution in [1.29, 1.82) is 0 Å². The van der Waals surface area contributed by atoms with E-state index in [9.17, 15) is 9.59 Å². The van der Waals surface area contributed by atoms with Crippen LogP contribution in [0.5, 0.6) is 0 Å². The van der Waals surface area contributed by atoms with Gasteiger partial charge in [0.2, 0.25) is 11.8 Å². The van der Waals surface area contributed by atoms with Gasteiger partial charge >= 0.3 is 0 Å². The van der Waals surface area contributed by atoms with Crippen molar-refractivity contribution in [2.75, 3.05) is 13.1 Å². The van der Waals surface area contributed by atoms with Gasteiger partial charge in [-0.05, 0) is 30.6 Å². The molecule has 20 heavy (non-hydrogen) atoms. The lowest BCUT2D eigenvalue weighted by atomic mass is 9.80. The minimum Gasteiger partial charge on any atom is -0.343 e. The Balaban J connectivity index is 1.91. The molecule has 0 aromatic heterocycles. The predicted octanol–water partition coefficient (Wildman–Crippen LogP) is 2.19. The third kappa shape index (κ3) is 3.53. The topological polar surface area (TPSA) is 49.4 Å². The second-order valence-corrected chi connectivity index (χ2v) is 6.80. The van der Waals surface area contributed by atoms with Crippen LogP contribution in [-0.2, 0) is 9.59 Å². The summed E-state index contributed by atoms with van der Waals surface area (Å²) in [4.78, 5) is 26.0. The van der Waals surface area contributed by atoms with Gasteiger partial charge in [0.15, 0.2) is 0 Å². The Bertz CT molecular complexity index is 359. The molecule has 1 atom stereocenters. The Kier molecular flexibility index (Phi) is 5.06. The first-order chi connectivity index (χ1) is 9.51. The van der Waals surface area contributed by atoms with Gasteiger partial charge in [-0.2, -0.15) is 0 Å². The van der Waals surface area contributed by atoms with Crippen LogP contribution in [0.25, 0.3) is 0 Å². The van der Waals surface area contributed by atoms with Gasteiger partial charge in [-0.1, -0.05) is 40.0 Å². The van der Waals surface area contributed by atoms with Crippen LogP contribution in [-0.4, -0.2) is 35.8 Å². The van der Waals surface area contributed by atoms with E-state index in [0.29, 0.717) is 5.92 Å². The molecule has 4 nitrogen and oxygen atoms in total. The van der Waals surface area contributed by atoms with Crippen molar-refractivity contribution in [3.8, 4) is 0 Å². The van der Waals surface area contributed by atoms with E-state index in [4.69, 9.17) is 0 Å². The van der Waals surface area contributed by atoms with Crippen molar-refractivity contribution in [3.63, 3.8) is 0 Å². The van der Waals surface area contributed by atoms with Crippen molar-refractivity contribution in [3.05, 3.63) is 0 Å². The smallest absolute Gasteiger partial charge is 0.245 e. The molecule has 0 bridgehead atoms. The van der Waals surface area contributed by atoms with E-state index in [2.05, 4.69) is 12.2 Å². The highest BCUT2D eigenvalue weighted by Gasteiger charge is 2.35. The minimum absolute atomic E-state index is 0.00876. The zero-order chi connectivity index (χ0) is 14.7. The number of nitrogens with zero attached hydrogens (tertiary/aromatic N) is 1. The summed E-state index contributed by atoms with van der Waals surface area (Å²) in [5.74, 6) is 1.71. The average Bonchev–Trinajstić information content (AvgIpc) is 2.43. The molecule has 4 heteroatoms. The third-order valence-electron chi connectivity index (χ3n) is 4.92. The van der Waals surface area contributed by atoms with Gasteiger partial charge in [-0.25, -0.2) is 0 Å². The van der Waals surface area contributed by atoms with Gasteiger partial charge in [0.05, 0.1) is 6.54 Å². The van der Waals surface area contributed by atoms with E-state index in [1.54, 1.807) is 4.90 Å². The van der Waals surface area contributed by atoms with Crippen LogP contribution in [0.2, 0.25) is 0 Å². The van der Waals surface area contributed by atoms with Crippen molar-refractivity contribution in [2.24, 2.45) is 17.8 Å². The number of nitrogens with one attached hydrogen (secondary N) is 1. The zero-order valence-electron chi connectivity index (χ0n) is 13.0. The summed E-state index contributed by atoms with van der Waals surface area (Å²) in [6, 6.07) is -0.330. The molecule has 2 amide bonds. The fourth-order valence-corrected chi connectivity index (χ4v) is 3.47. The molecule has 1 saturated heterocycles. The molecule has 2 aliphatic rings. The summed E-state index contributed by atoms with van der Waals surface area (Å²) in [6.45, 7) is 7.25. The predicted molar refractivity (Wildman–Crippen MR) is 79.1 cm³/mol. The van der Waals surface area contributed by atoms with Crippen LogP contribution in [0.15, 0.2) is 0 Å². The summed E-state index contributed by atoms with van der Waals surface area (Å²) >= 11 is 0. The van der Waals surface area contributed by atoms with Gasteiger partial charge < -0.3 is 10.2 Å². The SMILES string of the molecule is CCC1CCC(CN2CC(=O)NC(C(C)C)C2=O)CC1. The maximum atomic E-state index is 12.4. The summed E-state index contributed by atoms with van der Waals surface area (Å²) in [5.41, 5.74) is 0. The van der Waals surface area contributed by atoms with Crippen LogP contribution in [0, 0.1) is 17.8 Å². The Hall–Kier alpha value is -1.06. The fraction of sp³-hybridized carbons (Fsp3) is 0.875. The zero-order valence-corrected chi connectivity index (χ0v) is 13.0. The molecule has 1 unspecified atom stereocenters. The lowest BCUT2D eigenvalue weighted by Crippen LogP contribution is -2.60. The van der Waals surface area contributed by atoms with Gasteiger partial charge in [0, 0.05) is 6.54 Å². The number of hydrogen-bond donors (Lipinski definition) is 1. The molecule has 114 valence electrons. The summed E-state index contributed by atoms with van der Waals surface area (Å²) in [5, 5.41) is 2.82. The molecule has 2 rings (SSSR count). The number of rotatable bonds is 4. The molecule has 1 aliphatic carbocycles. The van der Waals surface area contributed by atoms with E-state index in [0.717, 1.165) is 12.5 Å². The van der Waals surface area contributed by atoms with Gasteiger partial charge in [-0.15, -0.1) is 0 Å². The summed E-state index contributed by atoms with van der Waals surface area (Å²) in [7, 11) is 0. The number of carbonyl (C=O) groups excluding carboxylic acids is 2. The highest BCUT2D eigenvalue weighted by molar-refractivity contribution is 5.94. The molecule has 0 aromatic rings. The second kappa shape index (κ2) is 6.59. The second-order valence-electron chi connectivity index (χ2n) is 6.80. The monoisotopic (exact) mass is 280 g/mol. The first-order valence-electron chi connectivity index (χ1n) is 8.09. The van der Waals surface area contributed by atoms with E-state index in [-0.39, 0.29) is 30.3 Å². The van der Waals surface area contributed by atoms with E-state index in [1.807, 2.05) is 13.8 Å². The molecular weight excluding hydrogens is 252 g/mol. The maximum absolute atomic E-state index is 12.4. The molecule has 0 spiro atoms. The lowest BCUT2D eigenvalue weighted by Gasteiger charge is -2.38. The van der Waals surface area contributed by atoms with Crippen molar-refractivity contribution < 1.29 is 9.59 Å². The molecule has 0 radical (unpaired) electrons. The quantitative estimate of drug-likeness (QED) is 0.858. The average molecular weight is 280 g/mol. The van der Waals surface area contributed by atoms with E-state index in [1.165, 1.54) is 32.1 Å². The number of carbonyl (C=O) groups is 2. The Morgan fingerprint density at radius 1 is 1.15 bits per heavy atom. The lowest BCUT2D eigenvalue weighted by molar-refractivity contribution is -0.146. The molecule has 1 saturated carbocycles. The van der Waals surface area contributed by atoms with Crippen molar-refractivity contribution in [1.82, 2.24) is 10.2 Å². The largest absolute Gasteiger partial charge is 0.343 e. The third-order valence-corrected chi connectivity index (χ3v) is 4.92. The molecule has 0 aromatic carbocycles. The Labute approximate surface area is 122 Å². The van der Waals surface area contributed by atoms with Crippen LogP contribution < -0.4 is 5.32 Å². The van der Waals surface area contributed by atoms with Crippen molar-refractivity contribution >= 4 is 11.8 Å². The Morgan fingerprint density at radius 2 is 1.75 bits per heavy atom. The van der Waals surface area contributed by atoms with Crippen LogP contribution in [0.4, 0.5) is 0 Å². The van der Waals surface area contributed by atoms with Gasteiger partial charge in [0.25, 0.3) is 0 Å². The molecule has 2 fully saturated rings. The van der Waals surface area contributed by atoms with Crippen LogP contribution in [0.3, 0.4) is 0 Å². The van der Waals surface area contributed by atoms with E-state index < -0.39 is 0 Å². The van der Waals surface area contributed by atoms with Crippen LogP contribution >= 0.6 is 0 Å². The molecule has 1 aliphatic heterocycles. The normalized spacial score (nSPS) is 31.6. The van der Waals surface area contributed by atoms with E-state index >= 15 is 0 Å².